The summed E-state index contributed by atoms with van der Waals surface area (Å²) in [6, 6.07) is 11.0. The van der Waals surface area contributed by atoms with Gasteiger partial charge in [-0.1, -0.05) is 29.0 Å². The first-order valence-electron chi connectivity index (χ1n) is 7.23. The van der Waals surface area contributed by atoms with Gasteiger partial charge in [-0.25, -0.2) is 0 Å². The second kappa shape index (κ2) is 7.00. The molecule has 2 aromatic carbocycles. The number of hydrogen-bond donors (Lipinski definition) is 0. The maximum atomic E-state index is 12.4. The fourth-order valence-electron chi connectivity index (χ4n) is 2.31. The van der Waals surface area contributed by atoms with E-state index in [1.807, 2.05) is 0 Å². The van der Waals surface area contributed by atoms with E-state index in [2.05, 4.69) is 11.6 Å². The Balaban J connectivity index is 2.15. The smallest absolute Gasteiger partial charge is 0.279 e. The van der Waals surface area contributed by atoms with Crippen LogP contribution in [0.1, 0.15) is 10.4 Å². The summed E-state index contributed by atoms with van der Waals surface area (Å²) >= 11 is 7.12. The summed E-state index contributed by atoms with van der Waals surface area (Å²) in [7, 11) is 0. The van der Waals surface area contributed by atoms with Crippen LogP contribution in [0.4, 0.5) is 5.69 Å². The van der Waals surface area contributed by atoms with Crippen LogP contribution in [0, 0.1) is 10.1 Å². The van der Waals surface area contributed by atoms with Crippen LogP contribution in [-0.4, -0.2) is 15.4 Å². The summed E-state index contributed by atoms with van der Waals surface area (Å²) < 4.78 is 2.53. The van der Waals surface area contributed by atoms with Crippen LogP contribution in [0.5, 0.6) is 0 Å². The third kappa shape index (κ3) is 3.52. The molecule has 0 saturated carbocycles. The zero-order valence-corrected chi connectivity index (χ0v) is 14.5. The lowest BCUT2D eigenvalue weighted by atomic mass is 10.2. The lowest BCUT2D eigenvalue weighted by Gasteiger charge is -2.01. The Morgan fingerprint density at radius 3 is 2.68 bits per heavy atom. The number of nitrogens with zero attached hydrogens (tertiary/aromatic N) is 3. The summed E-state index contributed by atoms with van der Waals surface area (Å²) in [5.41, 5.74) is 1.04. The van der Waals surface area contributed by atoms with E-state index in [-0.39, 0.29) is 5.69 Å². The number of amides is 1. The Labute approximate surface area is 151 Å². The minimum atomic E-state index is -0.453. The Kier molecular flexibility index (Phi) is 4.78. The first-order valence-corrected chi connectivity index (χ1v) is 8.42. The molecule has 3 aromatic rings. The number of hydrogen-bond acceptors (Lipinski definition) is 4. The molecule has 3 rings (SSSR count). The average Bonchev–Trinajstić information content (AvgIpc) is 2.92. The number of benzene rings is 2. The molecule has 0 radical (unpaired) electrons. The quantitative estimate of drug-likeness (QED) is 0.391. The van der Waals surface area contributed by atoms with E-state index in [1.165, 1.54) is 23.5 Å². The van der Waals surface area contributed by atoms with Crippen molar-refractivity contribution in [2.24, 2.45) is 4.99 Å². The van der Waals surface area contributed by atoms with Crippen molar-refractivity contribution in [3.8, 4) is 0 Å². The standard InChI is InChI=1S/C17H12ClN3O3S/c1-2-9-20-14-10-13(21(23)24)7-8-15(14)25-17(20)19-16(22)11-3-5-12(18)6-4-11/h2-8,10H,1,9H2. The number of nitro benzene ring substituents is 1. The first kappa shape index (κ1) is 17.1. The van der Waals surface area contributed by atoms with E-state index in [0.717, 1.165) is 4.70 Å². The highest BCUT2D eigenvalue weighted by molar-refractivity contribution is 7.16. The lowest BCUT2D eigenvalue weighted by Crippen LogP contribution is -2.16. The molecule has 1 amide bonds. The number of rotatable bonds is 4. The van der Waals surface area contributed by atoms with Gasteiger partial charge in [-0.2, -0.15) is 4.99 Å². The van der Waals surface area contributed by atoms with Crippen LogP contribution in [-0.2, 0) is 6.54 Å². The van der Waals surface area contributed by atoms with Crippen molar-refractivity contribution < 1.29 is 9.72 Å². The van der Waals surface area contributed by atoms with Gasteiger partial charge < -0.3 is 4.57 Å². The molecular formula is C17H12ClN3O3S. The number of thiazole rings is 1. The molecule has 126 valence electrons. The van der Waals surface area contributed by atoms with Gasteiger partial charge in [0.05, 0.1) is 15.1 Å². The molecule has 6 nitrogen and oxygen atoms in total. The molecule has 25 heavy (non-hydrogen) atoms. The van der Waals surface area contributed by atoms with Gasteiger partial charge in [0, 0.05) is 29.3 Å². The van der Waals surface area contributed by atoms with E-state index in [4.69, 9.17) is 11.6 Å². The van der Waals surface area contributed by atoms with Gasteiger partial charge >= 0.3 is 0 Å². The maximum absolute atomic E-state index is 12.4. The van der Waals surface area contributed by atoms with Gasteiger partial charge in [-0.05, 0) is 30.3 Å². The van der Waals surface area contributed by atoms with Crippen molar-refractivity contribution in [2.75, 3.05) is 0 Å². The van der Waals surface area contributed by atoms with E-state index < -0.39 is 10.8 Å². The molecule has 8 heteroatoms. The van der Waals surface area contributed by atoms with Gasteiger partial charge in [-0.3, -0.25) is 14.9 Å². The molecule has 1 heterocycles. The zero-order chi connectivity index (χ0) is 18.0. The molecule has 0 aliphatic rings. The molecule has 0 aliphatic carbocycles. The maximum Gasteiger partial charge on any atom is 0.279 e. The van der Waals surface area contributed by atoms with E-state index in [9.17, 15) is 14.9 Å². The number of aromatic nitrogens is 1. The van der Waals surface area contributed by atoms with Crippen LogP contribution in [0.15, 0.2) is 60.1 Å². The van der Waals surface area contributed by atoms with Crippen LogP contribution < -0.4 is 4.80 Å². The second-order valence-electron chi connectivity index (χ2n) is 5.12. The van der Waals surface area contributed by atoms with Gasteiger partial charge in [0.15, 0.2) is 4.80 Å². The lowest BCUT2D eigenvalue weighted by molar-refractivity contribution is -0.384. The van der Waals surface area contributed by atoms with Gasteiger partial charge in [0.1, 0.15) is 0 Å². The molecule has 0 bridgehead atoms. The van der Waals surface area contributed by atoms with Crippen LogP contribution in [0.25, 0.3) is 10.2 Å². The molecule has 0 atom stereocenters. The average molecular weight is 374 g/mol. The fraction of sp³-hybridized carbons (Fsp3) is 0.0588. The number of nitro groups is 1. The third-order valence-corrected chi connectivity index (χ3v) is 4.79. The third-order valence-electron chi connectivity index (χ3n) is 3.48. The molecule has 0 saturated heterocycles. The highest BCUT2D eigenvalue weighted by Crippen LogP contribution is 2.23. The first-order chi connectivity index (χ1) is 12.0. The molecule has 0 spiro atoms. The highest BCUT2D eigenvalue weighted by atomic mass is 35.5. The van der Waals surface area contributed by atoms with E-state index >= 15 is 0 Å². The Morgan fingerprint density at radius 2 is 2.04 bits per heavy atom. The highest BCUT2D eigenvalue weighted by Gasteiger charge is 2.13. The fourth-order valence-corrected chi connectivity index (χ4v) is 3.45. The number of halogens is 1. The van der Waals surface area contributed by atoms with E-state index in [1.54, 1.807) is 41.0 Å². The number of non-ortho nitro benzene ring substituents is 1. The van der Waals surface area contributed by atoms with Crippen molar-refractivity contribution >= 4 is 44.7 Å². The summed E-state index contributed by atoms with van der Waals surface area (Å²) in [4.78, 5) is 27.6. The second-order valence-corrected chi connectivity index (χ2v) is 6.56. The van der Waals surface area contributed by atoms with Gasteiger partial charge in [0.2, 0.25) is 0 Å². The summed E-state index contributed by atoms with van der Waals surface area (Å²) in [6.45, 7) is 4.08. The Hall–Kier alpha value is -2.77. The Bertz CT molecular complexity index is 1050. The number of allylic oxidation sites excluding steroid dienone is 1. The normalized spacial score (nSPS) is 11.6. The molecule has 1 aromatic heterocycles. The van der Waals surface area contributed by atoms with Crippen LogP contribution in [0.2, 0.25) is 5.02 Å². The zero-order valence-electron chi connectivity index (χ0n) is 12.9. The topological polar surface area (TPSA) is 77.5 Å². The van der Waals surface area contributed by atoms with Crippen molar-refractivity contribution in [1.29, 1.82) is 0 Å². The van der Waals surface area contributed by atoms with Crippen molar-refractivity contribution in [3.05, 3.63) is 80.6 Å². The molecule has 0 N–H and O–H groups in total. The van der Waals surface area contributed by atoms with Crippen LogP contribution in [0.3, 0.4) is 0 Å². The van der Waals surface area contributed by atoms with Gasteiger partial charge in [0.25, 0.3) is 11.6 Å². The SMILES string of the molecule is C=CCn1c(=NC(=O)c2ccc(Cl)cc2)sc2ccc([N+](=O)[O-])cc21. The van der Waals surface area contributed by atoms with Crippen molar-refractivity contribution in [1.82, 2.24) is 4.57 Å². The minimum Gasteiger partial charge on any atom is -0.312 e. The molecular weight excluding hydrogens is 362 g/mol. The van der Waals surface area contributed by atoms with Crippen molar-refractivity contribution in [2.45, 2.75) is 6.54 Å². The molecule has 0 fully saturated rings. The van der Waals surface area contributed by atoms with Gasteiger partial charge in [-0.15, -0.1) is 6.58 Å². The minimum absolute atomic E-state index is 0.0151. The monoisotopic (exact) mass is 373 g/mol. The van der Waals surface area contributed by atoms with Crippen molar-refractivity contribution in [3.63, 3.8) is 0 Å². The number of fused-ring (bicyclic) bond motifs is 1. The summed E-state index contributed by atoms with van der Waals surface area (Å²) in [5, 5.41) is 11.5. The summed E-state index contributed by atoms with van der Waals surface area (Å²) in [6.07, 6.45) is 1.65. The predicted molar refractivity (Wildman–Crippen MR) is 98.0 cm³/mol. The molecule has 0 aliphatic heterocycles. The predicted octanol–water partition coefficient (Wildman–Crippen LogP) is 4.19. The van der Waals surface area contributed by atoms with Crippen LogP contribution >= 0.6 is 22.9 Å². The largest absolute Gasteiger partial charge is 0.312 e. The Morgan fingerprint density at radius 1 is 1.32 bits per heavy atom. The summed E-state index contributed by atoms with van der Waals surface area (Å²) in [5.74, 6) is -0.407. The molecule has 0 unspecified atom stereocenters. The van der Waals surface area contributed by atoms with E-state index in [0.29, 0.717) is 27.4 Å². The number of carbonyl (C=O) groups excluding carboxylic acids is 1. The number of carbonyl (C=O) groups is 1.